The summed E-state index contributed by atoms with van der Waals surface area (Å²) in [5.41, 5.74) is 5.79. The van der Waals surface area contributed by atoms with Crippen LogP contribution in [-0.4, -0.2) is 7.05 Å². The van der Waals surface area contributed by atoms with Crippen LogP contribution >= 0.6 is 0 Å². The third-order valence-corrected chi connectivity index (χ3v) is 2.17. The number of rotatable bonds is 1. The first-order valence-corrected chi connectivity index (χ1v) is 5.10. The van der Waals surface area contributed by atoms with Crippen molar-refractivity contribution < 1.29 is 0 Å². The molecule has 0 aliphatic heterocycles. The van der Waals surface area contributed by atoms with Crippen molar-refractivity contribution in [3.8, 4) is 0 Å². The Morgan fingerprint density at radius 3 is 2.33 bits per heavy atom. The van der Waals surface area contributed by atoms with Crippen molar-refractivity contribution >= 4 is 16.8 Å². The summed E-state index contributed by atoms with van der Waals surface area (Å²) in [5, 5.41) is 2.63. The molecule has 15 heavy (non-hydrogen) atoms. The molecule has 2 N–H and O–H groups in total. The van der Waals surface area contributed by atoms with Gasteiger partial charge in [-0.15, -0.1) is 0 Å². The summed E-state index contributed by atoms with van der Waals surface area (Å²) in [4.78, 5) is 0. The maximum Gasteiger partial charge on any atom is -0.0112 e. The second-order valence-corrected chi connectivity index (χ2v) is 3.07. The van der Waals surface area contributed by atoms with Crippen molar-refractivity contribution in [3.63, 3.8) is 0 Å². The predicted molar refractivity (Wildman–Crippen MR) is 68.8 cm³/mol. The first-order valence-electron chi connectivity index (χ1n) is 5.10. The molecule has 0 amide bonds. The van der Waals surface area contributed by atoms with Crippen LogP contribution in [0.4, 0.5) is 0 Å². The molecule has 2 rings (SSSR count). The first kappa shape index (κ1) is 11.5. The number of nitrogens with two attached hydrogens (primary N) is 1. The van der Waals surface area contributed by atoms with E-state index < -0.39 is 0 Å². The van der Waals surface area contributed by atoms with Gasteiger partial charge in [0, 0.05) is 0 Å². The topological polar surface area (TPSA) is 26.0 Å². The standard InChI is InChI=1S/C13H12.CH5N/c1-2-6-11-8-5-9-12-7-3-4-10-13(11)12;1-2/h2-10H,1H3;2H2,1H3. The molecule has 0 fully saturated rings. The van der Waals surface area contributed by atoms with E-state index in [9.17, 15) is 0 Å². The maximum absolute atomic E-state index is 4.50. The van der Waals surface area contributed by atoms with Crippen LogP contribution in [-0.2, 0) is 0 Å². The van der Waals surface area contributed by atoms with E-state index in [2.05, 4.69) is 60.4 Å². The number of hydrogen-bond donors (Lipinski definition) is 1. The summed E-state index contributed by atoms with van der Waals surface area (Å²) >= 11 is 0. The molecule has 2 aromatic carbocycles. The fraction of sp³-hybridized carbons (Fsp3) is 0.143. The van der Waals surface area contributed by atoms with E-state index in [1.807, 2.05) is 6.92 Å². The zero-order valence-electron chi connectivity index (χ0n) is 9.27. The summed E-state index contributed by atoms with van der Waals surface area (Å²) < 4.78 is 0. The average Bonchev–Trinajstić information content (AvgIpc) is 2.33. The van der Waals surface area contributed by atoms with Gasteiger partial charge in [-0.25, -0.2) is 0 Å². The van der Waals surface area contributed by atoms with E-state index in [1.165, 1.54) is 23.4 Å². The molecule has 0 heterocycles. The number of benzene rings is 2. The highest BCUT2D eigenvalue weighted by Gasteiger charge is 1.94. The van der Waals surface area contributed by atoms with Crippen LogP contribution in [0.2, 0.25) is 0 Å². The molecule has 0 atom stereocenters. The Bertz CT molecular complexity index is 439. The minimum absolute atomic E-state index is 1.29. The lowest BCUT2D eigenvalue weighted by atomic mass is 10.0. The highest BCUT2D eigenvalue weighted by molar-refractivity contribution is 5.90. The third-order valence-electron chi connectivity index (χ3n) is 2.17. The van der Waals surface area contributed by atoms with Crippen molar-refractivity contribution in [2.45, 2.75) is 6.92 Å². The lowest BCUT2D eigenvalue weighted by Crippen LogP contribution is -1.76. The highest BCUT2D eigenvalue weighted by atomic mass is 14.4. The molecule has 0 radical (unpaired) electrons. The van der Waals surface area contributed by atoms with Gasteiger partial charge in [0.1, 0.15) is 0 Å². The second kappa shape index (κ2) is 5.99. The van der Waals surface area contributed by atoms with E-state index in [-0.39, 0.29) is 0 Å². The van der Waals surface area contributed by atoms with Crippen LogP contribution in [0.3, 0.4) is 0 Å². The molecule has 0 saturated carbocycles. The minimum atomic E-state index is 1.29. The van der Waals surface area contributed by atoms with Gasteiger partial charge < -0.3 is 5.73 Å². The molecule has 0 aromatic heterocycles. The van der Waals surface area contributed by atoms with Crippen molar-refractivity contribution in [2.24, 2.45) is 5.73 Å². The van der Waals surface area contributed by atoms with E-state index in [1.54, 1.807) is 0 Å². The molecule has 0 aliphatic rings. The summed E-state index contributed by atoms with van der Waals surface area (Å²) in [5.74, 6) is 0. The molecule has 78 valence electrons. The Morgan fingerprint density at radius 1 is 0.933 bits per heavy atom. The first-order chi connectivity index (χ1) is 7.42. The third kappa shape index (κ3) is 2.67. The Hall–Kier alpha value is -1.60. The van der Waals surface area contributed by atoms with E-state index in [0.717, 1.165) is 0 Å². The molecule has 0 aliphatic carbocycles. The fourth-order valence-corrected chi connectivity index (χ4v) is 1.58. The molecule has 0 spiro atoms. The van der Waals surface area contributed by atoms with Crippen LogP contribution in [0.15, 0.2) is 48.5 Å². The zero-order chi connectivity index (χ0) is 11.1. The van der Waals surface area contributed by atoms with Gasteiger partial charge >= 0.3 is 0 Å². The Labute approximate surface area is 91.2 Å². The van der Waals surface area contributed by atoms with Crippen LogP contribution in [0.25, 0.3) is 16.8 Å². The summed E-state index contributed by atoms with van der Waals surface area (Å²) in [6.07, 6.45) is 4.21. The van der Waals surface area contributed by atoms with Gasteiger partial charge in [-0.1, -0.05) is 54.6 Å². The van der Waals surface area contributed by atoms with E-state index in [0.29, 0.717) is 0 Å². The fourth-order valence-electron chi connectivity index (χ4n) is 1.58. The van der Waals surface area contributed by atoms with Crippen molar-refractivity contribution in [1.82, 2.24) is 0 Å². The molecular weight excluding hydrogens is 182 g/mol. The number of allylic oxidation sites excluding steroid dienone is 1. The van der Waals surface area contributed by atoms with Crippen LogP contribution in [0, 0.1) is 0 Å². The highest BCUT2D eigenvalue weighted by Crippen LogP contribution is 2.19. The van der Waals surface area contributed by atoms with Gasteiger partial charge in [-0.2, -0.15) is 0 Å². The lowest BCUT2D eigenvalue weighted by molar-refractivity contribution is 1.48. The monoisotopic (exact) mass is 199 g/mol. The molecule has 1 nitrogen and oxygen atoms in total. The van der Waals surface area contributed by atoms with Crippen molar-refractivity contribution in [2.75, 3.05) is 7.05 Å². The Morgan fingerprint density at radius 2 is 1.60 bits per heavy atom. The SMILES string of the molecule is CC=Cc1cccc2ccccc12.CN. The van der Waals surface area contributed by atoms with Gasteiger partial charge in [0.05, 0.1) is 0 Å². The molecule has 2 aromatic rings. The Kier molecular flexibility index (Phi) is 4.58. The smallest absolute Gasteiger partial charge is 0.0112 e. The summed E-state index contributed by atoms with van der Waals surface area (Å²) in [7, 11) is 1.50. The van der Waals surface area contributed by atoms with Gasteiger partial charge in [0.2, 0.25) is 0 Å². The van der Waals surface area contributed by atoms with Crippen LogP contribution < -0.4 is 5.73 Å². The largest absolute Gasteiger partial charge is 0.333 e. The second-order valence-electron chi connectivity index (χ2n) is 3.07. The number of hydrogen-bond acceptors (Lipinski definition) is 1. The van der Waals surface area contributed by atoms with Crippen molar-refractivity contribution in [3.05, 3.63) is 54.1 Å². The molecule has 0 saturated heterocycles. The Balaban J connectivity index is 0.000000531. The van der Waals surface area contributed by atoms with Crippen LogP contribution in [0.5, 0.6) is 0 Å². The molecule has 0 bridgehead atoms. The predicted octanol–water partition coefficient (Wildman–Crippen LogP) is 3.45. The normalized spacial score (nSPS) is 10.1. The van der Waals surface area contributed by atoms with E-state index >= 15 is 0 Å². The molecule has 0 unspecified atom stereocenters. The lowest BCUT2D eigenvalue weighted by Gasteiger charge is -2.00. The minimum Gasteiger partial charge on any atom is -0.333 e. The van der Waals surface area contributed by atoms with Gasteiger partial charge in [0.25, 0.3) is 0 Å². The van der Waals surface area contributed by atoms with Gasteiger partial charge in [0.15, 0.2) is 0 Å². The number of fused-ring (bicyclic) bond motifs is 1. The summed E-state index contributed by atoms with van der Waals surface area (Å²) in [6, 6.07) is 14.8. The maximum atomic E-state index is 4.50. The van der Waals surface area contributed by atoms with Gasteiger partial charge in [-0.3, -0.25) is 0 Å². The summed E-state index contributed by atoms with van der Waals surface area (Å²) in [6.45, 7) is 2.04. The molecule has 1 heteroatoms. The zero-order valence-corrected chi connectivity index (χ0v) is 9.27. The molecular formula is C14H17N. The van der Waals surface area contributed by atoms with Gasteiger partial charge in [-0.05, 0) is 30.3 Å². The van der Waals surface area contributed by atoms with Crippen LogP contribution in [0.1, 0.15) is 12.5 Å². The average molecular weight is 199 g/mol. The quantitative estimate of drug-likeness (QED) is 0.748. The van der Waals surface area contributed by atoms with Crippen molar-refractivity contribution in [1.29, 1.82) is 0 Å². The van der Waals surface area contributed by atoms with E-state index in [4.69, 9.17) is 0 Å².